The monoisotopic (exact) mass is 1050 g/mol. The van der Waals surface area contributed by atoms with Gasteiger partial charge in [0.1, 0.15) is 22.1 Å². The zero-order valence-corrected chi connectivity index (χ0v) is 49.9. The molecular formula is C65H90N4S4. The van der Waals surface area contributed by atoms with Crippen molar-refractivity contribution in [2.75, 3.05) is 0 Å². The molecule has 0 atom stereocenters. The number of fused-ring (bicyclic) bond motifs is 11. The van der Waals surface area contributed by atoms with E-state index < -0.39 is 0 Å². The maximum atomic E-state index is 5.45. The molecule has 4 aromatic heterocycles. The van der Waals surface area contributed by atoms with E-state index in [1.807, 2.05) is 0 Å². The predicted octanol–water partition coefficient (Wildman–Crippen LogP) is 21.8. The lowest BCUT2D eigenvalue weighted by atomic mass is 9.68. The van der Waals surface area contributed by atoms with E-state index in [2.05, 4.69) is 102 Å². The van der Waals surface area contributed by atoms with Crippen molar-refractivity contribution < 1.29 is 0 Å². The lowest BCUT2D eigenvalue weighted by molar-refractivity contribution is 0.397. The molecule has 2 aliphatic rings. The summed E-state index contributed by atoms with van der Waals surface area (Å²) in [7, 11) is 0. The molecule has 2 aliphatic carbocycles. The number of rotatable bonds is 32. The summed E-state index contributed by atoms with van der Waals surface area (Å²) in [5.74, 6) is 0. The number of hydrogen-bond donors (Lipinski definition) is 0. The van der Waals surface area contributed by atoms with Crippen LogP contribution in [-0.2, 0) is 30.1 Å². The predicted molar refractivity (Wildman–Crippen MR) is 324 cm³/mol. The summed E-state index contributed by atoms with van der Waals surface area (Å²) in [4.78, 5) is 3.15. The third-order valence-corrected chi connectivity index (χ3v) is 21.5. The molecule has 0 unspecified atom stereocenters. The van der Waals surface area contributed by atoms with Gasteiger partial charge in [0.05, 0.1) is 23.5 Å². The van der Waals surface area contributed by atoms with Crippen LogP contribution in [-0.4, -0.2) is 17.5 Å². The molecule has 3 aromatic carbocycles. The van der Waals surface area contributed by atoms with Crippen LogP contribution in [0.5, 0.6) is 0 Å². The van der Waals surface area contributed by atoms with Crippen molar-refractivity contribution in [2.45, 2.75) is 265 Å². The van der Waals surface area contributed by atoms with Crippen LogP contribution in [0.3, 0.4) is 0 Å². The lowest BCUT2D eigenvalue weighted by Gasteiger charge is -2.35. The maximum Gasteiger partial charge on any atom is 0.113 e. The van der Waals surface area contributed by atoms with Gasteiger partial charge in [-0.25, -0.2) is 0 Å². The van der Waals surface area contributed by atoms with Gasteiger partial charge in [-0.1, -0.05) is 195 Å². The molecule has 7 aromatic rings. The van der Waals surface area contributed by atoms with Crippen LogP contribution < -0.4 is 0 Å². The Morgan fingerprint density at radius 1 is 0.397 bits per heavy atom. The number of unbranched alkanes of at least 4 members (excludes halogenated alkanes) is 18. The molecule has 0 saturated carbocycles. The summed E-state index contributed by atoms with van der Waals surface area (Å²) in [5.41, 5.74) is 22.5. The molecule has 4 nitrogen and oxygen atoms in total. The highest BCUT2D eigenvalue weighted by molar-refractivity contribution is 7.28. The van der Waals surface area contributed by atoms with Crippen LogP contribution in [0, 0.1) is 13.8 Å². The summed E-state index contributed by atoms with van der Waals surface area (Å²) >= 11 is 7.12. The third-order valence-electron chi connectivity index (χ3n) is 17.8. The van der Waals surface area contributed by atoms with Crippen LogP contribution in [0.4, 0.5) is 0 Å². The lowest BCUT2D eigenvalue weighted by Crippen LogP contribution is -2.27. The van der Waals surface area contributed by atoms with Crippen molar-refractivity contribution in [1.29, 1.82) is 0 Å². The molecule has 8 heteroatoms. The van der Waals surface area contributed by atoms with Crippen molar-refractivity contribution in [3.63, 3.8) is 0 Å². The summed E-state index contributed by atoms with van der Waals surface area (Å²) < 4.78 is 24.2. The first-order chi connectivity index (χ1) is 35.8. The molecule has 0 bridgehead atoms. The fourth-order valence-electron chi connectivity index (χ4n) is 13.9. The Morgan fingerprint density at radius 3 is 1.30 bits per heavy atom. The minimum atomic E-state index is -0.0902. The molecule has 0 aliphatic heterocycles. The Bertz CT molecular complexity index is 2900. The molecular weight excluding hydrogens is 965 g/mol. The smallest absolute Gasteiger partial charge is 0.113 e. The highest BCUT2D eigenvalue weighted by Crippen LogP contribution is 2.63. The van der Waals surface area contributed by atoms with E-state index in [1.54, 1.807) is 52.5 Å². The van der Waals surface area contributed by atoms with Crippen LogP contribution >= 0.6 is 46.1 Å². The topological polar surface area (TPSA) is 51.6 Å². The Balaban J connectivity index is 1.26. The molecule has 0 spiro atoms. The fourth-order valence-corrected chi connectivity index (χ4v) is 18.0. The van der Waals surface area contributed by atoms with Crippen LogP contribution in [0.15, 0.2) is 24.3 Å². The zero-order valence-electron chi connectivity index (χ0n) is 46.7. The normalized spacial score (nSPS) is 14.3. The second-order valence-electron chi connectivity index (χ2n) is 22.9. The van der Waals surface area contributed by atoms with Crippen LogP contribution in [0.25, 0.3) is 53.7 Å². The Labute approximate surface area is 458 Å². The molecule has 73 heavy (non-hydrogen) atoms. The van der Waals surface area contributed by atoms with E-state index in [9.17, 15) is 0 Å². The molecule has 394 valence electrons. The number of benzene rings is 3. The van der Waals surface area contributed by atoms with E-state index in [0.29, 0.717) is 0 Å². The van der Waals surface area contributed by atoms with Crippen LogP contribution in [0.2, 0.25) is 0 Å². The molecule has 0 radical (unpaired) electrons. The average Bonchev–Trinajstić information content (AvgIpc) is 4.28. The molecule has 4 heterocycles. The highest BCUT2D eigenvalue weighted by Gasteiger charge is 2.50. The third kappa shape index (κ3) is 10.8. The Morgan fingerprint density at radius 2 is 0.808 bits per heavy atom. The van der Waals surface area contributed by atoms with Gasteiger partial charge in [0.15, 0.2) is 0 Å². The van der Waals surface area contributed by atoms with Crippen molar-refractivity contribution in [2.24, 2.45) is 0 Å². The van der Waals surface area contributed by atoms with E-state index >= 15 is 0 Å². The molecule has 0 fully saturated rings. The highest BCUT2D eigenvalue weighted by atomic mass is 32.1. The van der Waals surface area contributed by atoms with E-state index in [4.69, 9.17) is 17.5 Å². The largest absolute Gasteiger partial charge is 0.173 e. The van der Waals surface area contributed by atoms with Gasteiger partial charge < -0.3 is 0 Å². The molecule has 0 saturated heterocycles. The Kier molecular flexibility index (Phi) is 19.1. The van der Waals surface area contributed by atoms with Crippen molar-refractivity contribution in [3.8, 4) is 22.3 Å². The number of thiophene rings is 2. The van der Waals surface area contributed by atoms with Gasteiger partial charge in [0.25, 0.3) is 0 Å². The summed E-state index contributed by atoms with van der Waals surface area (Å²) in [5, 5.41) is 0. The average molecular weight is 1060 g/mol. The summed E-state index contributed by atoms with van der Waals surface area (Å²) in [6.07, 6.45) is 38.9. The van der Waals surface area contributed by atoms with Gasteiger partial charge >= 0.3 is 0 Å². The first-order valence-electron chi connectivity index (χ1n) is 30.1. The van der Waals surface area contributed by atoms with Crippen molar-refractivity contribution >= 4 is 77.6 Å². The number of hydrogen-bond acceptors (Lipinski definition) is 8. The van der Waals surface area contributed by atoms with Gasteiger partial charge in [-0.2, -0.15) is 17.5 Å². The Hall–Kier alpha value is -3.04. The maximum absolute atomic E-state index is 5.45. The van der Waals surface area contributed by atoms with E-state index in [0.717, 1.165) is 23.0 Å². The second kappa shape index (κ2) is 25.4. The minimum absolute atomic E-state index is 0.0520. The van der Waals surface area contributed by atoms with Crippen LogP contribution in [0.1, 0.15) is 276 Å². The summed E-state index contributed by atoms with van der Waals surface area (Å²) in [6, 6.07) is 10.9. The standard InChI is InChI=1S/C65H90N4S4/c1-9-15-21-27-33-47-45(8)70-63-48(34-28-22-16-10-2)55(71-62(47)63)41-46-40-54-57(61-59(46)67-73-69-61)50-43-51-49(42-52(50)65(54,37-31-25-19-13-5)38-32-26-20-14-6)56-53(39-44(7)58-60(56)68-72-66-58)64(51,35-29-23-17-11-3)36-30-24-18-12-4/h39-40,42-43H,9-38,41H2,1-8H3. The number of aryl methyl sites for hydroxylation is 4. The van der Waals surface area contributed by atoms with Gasteiger partial charge in [-0.05, 0) is 133 Å². The van der Waals surface area contributed by atoms with Gasteiger partial charge in [-0.15, -0.1) is 22.7 Å². The van der Waals surface area contributed by atoms with E-state index in [-0.39, 0.29) is 10.8 Å². The van der Waals surface area contributed by atoms with Gasteiger partial charge in [0, 0.05) is 47.5 Å². The molecule has 9 rings (SSSR count). The molecule has 0 amide bonds. The van der Waals surface area contributed by atoms with Gasteiger partial charge in [0.2, 0.25) is 0 Å². The number of nitrogens with zero attached hydrogens (tertiary/aromatic N) is 4. The zero-order chi connectivity index (χ0) is 51.0. The molecule has 0 N–H and O–H groups in total. The first kappa shape index (κ1) is 54.7. The van der Waals surface area contributed by atoms with Gasteiger partial charge in [-0.3, -0.25) is 0 Å². The van der Waals surface area contributed by atoms with Crippen molar-refractivity contribution in [3.05, 3.63) is 78.5 Å². The summed E-state index contributed by atoms with van der Waals surface area (Å²) in [6.45, 7) is 18.8. The van der Waals surface area contributed by atoms with E-state index in [1.165, 1.54) is 255 Å². The second-order valence-corrected chi connectivity index (χ2v) is 26.3. The van der Waals surface area contributed by atoms with Crippen molar-refractivity contribution in [1.82, 2.24) is 17.5 Å². The minimum Gasteiger partial charge on any atom is -0.173 e. The first-order valence-corrected chi connectivity index (χ1v) is 33.2. The number of aromatic nitrogens is 4. The SMILES string of the molecule is CCCCCCc1c(C)sc2c(CCCCCC)c(Cc3cc4c(c5nsnc35)-c3cc5c(cc3C4(CCCCCC)CCCCCC)-c3c(cc(C)c4nsnc34)C5(CCCCCC)CCCCCC)sc12. The quantitative estimate of drug-likeness (QED) is 0.0395. The fraction of sp³-hybridized carbons (Fsp3) is 0.631.